The molecule has 2 aliphatic rings. The second-order valence-corrected chi connectivity index (χ2v) is 17.2. The lowest BCUT2D eigenvalue weighted by molar-refractivity contribution is -0.144. The highest BCUT2D eigenvalue weighted by molar-refractivity contribution is 6.38. The summed E-state index contributed by atoms with van der Waals surface area (Å²) in [7, 11) is 3.12. The molecule has 15 heteroatoms. The zero-order valence-corrected chi connectivity index (χ0v) is 35.0. The number of fused-ring (bicyclic) bond motifs is 1. The van der Waals surface area contributed by atoms with Crippen molar-refractivity contribution in [1.82, 2.24) is 31.1 Å². The molecule has 0 bridgehead atoms. The predicted octanol–water partition coefficient (Wildman–Crippen LogP) is 3.68. The van der Waals surface area contributed by atoms with Gasteiger partial charge in [-0.3, -0.25) is 28.8 Å². The van der Waals surface area contributed by atoms with Crippen LogP contribution in [0.4, 0.5) is 4.79 Å². The first-order chi connectivity index (χ1) is 26.8. The molecule has 0 aromatic heterocycles. The molecule has 0 aliphatic carbocycles. The number of ketones is 1. The van der Waals surface area contributed by atoms with Gasteiger partial charge in [0, 0.05) is 20.6 Å². The minimum absolute atomic E-state index is 0.162. The number of nitrogens with one attached hydrogen (secondary N) is 4. The number of hydrogen-bond donors (Lipinski definition) is 5. The fourth-order valence-electron chi connectivity index (χ4n) is 7.30. The Morgan fingerprint density at radius 3 is 2.07 bits per heavy atom. The van der Waals surface area contributed by atoms with Gasteiger partial charge in [-0.05, 0) is 78.2 Å². The number of carbonyl (C=O) groups is 7. The Morgan fingerprint density at radius 1 is 0.895 bits per heavy atom. The summed E-state index contributed by atoms with van der Waals surface area (Å²) in [4.78, 5) is 97.4. The van der Waals surface area contributed by atoms with Crippen molar-refractivity contribution < 1.29 is 43.4 Å². The maximum atomic E-state index is 14.4. The highest BCUT2D eigenvalue weighted by atomic mass is 16.6. The Bertz CT molecular complexity index is 1540. The van der Waals surface area contributed by atoms with E-state index in [1.807, 2.05) is 0 Å². The van der Waals surface area contributed by atoms with Crippen LogP contribution >= 0.6 is 0 Å². The van der Waals surface area contributed by atoms with Gasteiger partial charge in [-0.25, -0.2) is 4.79 Å². The lowest BCUT2D eigenvalue weighted by Crippen LogP contribution is -2.58. The van der Waals surface area contributed by atoms with Gasteiger partial charge >= 0.3 is 6.09 Å². The molecule has 1 aromatic rings. The summed E-state index contributed by atoms with van der Waals surface area (Å²) in [6.45, 7) is 8.15. The van der Waals surface area contributed by atoms with E-state index in [2.05, 4.69) is 21.3 Å². The molecule has 0 spiro atoms. The molecule has 1 aromatic carbocycles. The number of hydrogen-bond acceptors (Lipinski definition) is 9. The first-order valence-electron chi connectivity index (χ1n) is 20.5. The zero-order valence-electron chi connectivity index (χ0n) is 35.0. The molecule has 57 heavy (non-hydrogen) atoms. The van der Waals surface area contributed by atoms with Crippen molar-refractivity contribution in [3.63, 3.8) is 0 Å². The van der Waals surface area contributed by atoms with Gasteiger partial charge in [0.25, 0.3) is 5.91 Å². The molecule has 2 saturated heterocycles. The van der Waals surface area contributed by atoms with Crippen molar-refractivity contribution in [2.75, 3.05) is 27.2 Å². The molecule has 3 rings (SSSR count). The lowest BCUT2D eigenvalue weighted by Gasteiger charge is -2.32. The fraction of sp³-hybridized carbons (Fsp3) is 0.690. The van der Waals surface area contributed by atoms with Gasteiger partial charge in [0.05, 0.1) is 18.2 Å². The summed E-state index contributed by atoms with van der Waals surface area (Å²) in [5.74, 6) is -4.51. The Balaban J connectivity index is 1.85. The molecule has 2 aliphatic heterocycles. The van der Waals surface area contributed by atoms with E-state index in [9.17, 15) is 38.7 Å². The zero-order chi connectivity index (χ0) is 42.3. The highest BCUT2D eigenvalue weighted by Crippen LogP contribution is 2.32. The van der Waals surface area contributed by atoms with Crippen LogP contribution in [0.3, 0.4) is 0 Å². The van der Waals surface area contributed by atoms with E-state index in [1.54, 1.807) is 79.0 Å². The number of aliphatic hydroxyl groups is 1. The van der Waals surface area contributed by atoms with Gasteiger partial charge in [-0.1, -0.05) is 81.7 Å². The normalized spacial score (nSPS) is 22.2. The van der Waals surface area contributed by atoms with Crippen molar-refractivity contribution >= 4 is 41.4 Å². The van der Waals surface area contributed by atoms with Crippen molar-refractivity contribution in [1.29, 1.82) is 0 Å². The third-order valence-corrected chi connectivity index (χ3v) is 10.3. The second kappa shape index (κ2) is 21.8. The van der Waals surface area contributed by atoms with Crippen molar-refractivity contribution in [3.05, 3.63) is 35.9 Å². The van der Waals surface area contributed by atoms with Gasteiger partial charge < -0.3 is 40.9 Å². The summed E-state index contributed by atoms with van der Waals surface area (Å²) in [5.41, 5.74) is -1.28. The fourth-order valence-corrected chi connectivity index (χ4v) is 7.30. The number of carbonyl (C=O) groups excluding carboxylic acids is 7. The van der Waals surface area contributed by atoms with Crippen LogP contribution in [0.15, 0.2) is 30.3 Å². The first kappa shape index (κ1) is 46.8. The minimum atomic E-state index is -1.24. The van der Waals surface area contributed by atoms with Crippen LogP contribution in [0.5, 0.6) is 0 Å². The molecule has 2 heterocycles. The van der Waals surface area contributed by atoms with E-state index in [0.29, 0.717) is 44.1 Å². The Kier molecular flexibility index (Phi) is 18.0. The van der Waals surface area contributed by atoms with Crippen LogP contribution < -0.4 is 21.3 Å². The molecule has 6 amide bonds. The van der Waals surface area contributed by atoms with Crippen LogP contribution in [0.2, 0.25) is 0 Å². The number of rotatable bonds is 11. The number of alkyl carbamates (subject to hydrolysis) is 1. The number of Topliss-reactive ketones (excluding diaryl/α,β-unsaturated/α-hetero) is 1. The van der Waals surface area contributed by atoms with Gasteiger partial charge in [-0.2, -0.15) is 0 Å². The summed E-state index contributed by atoms with van der Waals surface area (Å²) in [6, 6.07) is 4.39. The van der Waals surface area contributed by atoms with E-state index < -0.39 is 77.4 Å². The topological polar surface area (TPSA) is 204 Å². The number of ether oxygens (including phenoxy) is 1. The quantitative estimate of drug-likeness (QED) is 0.207. The monoisotopic (exact) mass is 798 g/mol. The molecule has 15 nitrogen and oxygen atoms in total. The molecule has 318 valence electrons. The summed E-state index contributed by atoms with van der Waals surface area (Å²) in [6.07, 6.45) is 7.62. The summed E-state index contributed by atoms with van der Waals surface area (Å²) < 4.78 is 5.48. The molecule has 5 N–H and O–H groups in total. The third-order valence-electron chi connectivity index (χ3n) is 10.3. The Hall–Kier alpha value is -4.53. The molecule has 5 atom stereocenters. The number of likely N-dealkylation sites (N-methyl/N-ethyl adjacent to an activating group) is 1. The van der Waals surface area contributed by atoms with Crippen LogP contribution in [0.25, 0.3) is 0 Å². The lowest BCUT2D eigenvalue weighted by atomic mass is 9.89. The van der Waals surface area contributed by atoms with E-state index in [0.717, 1.165) is 38.5 Å². The van der Waals surface area contributed by atoms with Crippen molar-refractivity contribution in [2.24, 2.45) is 5.92 Å². The number of amides is 6. The van der Waals surface area contributed by atoms with Crippen molar-refractivity contribution in [3.8, 4) is 0 Å². The average Bonchev–Trinajstić information content (AvgIpc) is 3.57. The van der Waals surface area contributed by atoms with E-state index in [4.69, 9.17) is 4.74 Å². The smallest absolute Gasteiger partial charge is 0.408 e. The molecular weight excluding hydrogens is 732 g/mol. The average molecular weight is 799 g/mol. The molecule has 0 saturated carbocycles. The Morgan fingerprint density at radius 2 is 1.49 bits per heavy atom. The first-order valence-corrected chi connectivity index (χ1v) is 20.5. The third kappa shape index (κ3) is 15.7. The van der Waals surface area contributed by atoms with Gasteiger partial charge in [0.15, 0.2) is 0 Å². The van der Waals surface area contributed by atoms with E-state index in [1.165, 1.54) is 9.80 Å². The Labute approximate surface area is 337 Å². The number of nitrogens with zero attached hydrogens (tertiary/aromatic N) is 2. The predicted molar refractivity (Wildman–Crippen MR) is 214 cm³/mol. The molecule has 1 unspecified atom stereocenters. The largest absolute Gasteiger partial charge is 0.444 e. The molecule has 2 fully saturated rings. The second-order valence-electron chi connectivity index (χ2n) is 17.2. The highest BCUT2D eigenvalue weighted by Gasteiger charge is 2.45. The van der Waals surface area contributed by atoms with Gasteiger partial charge in [0.1, 0.15) is 23.7 Å². The summed E-state index contributed by atoms with van der Waals surface area (Å²) >= 11 is 0. The summed E-state index contributed by atoms with van der Waals surface area (Å²) in [5, 5.41) is 21.1. The molecular formula is C42H66N6O9. The van der Waals surface area contributed by atoms with Gasteiger partial charge in [0.2, 0.25) is 29.4 Å². The maximum absolute atomic E-state index is 14.4. The van der Waals surface area contributed by atoms with Crippen LogP contribution in [-0.4, -0.2) is 113 Å². The van der Waals surface area contributed by atoms with Gasteiger partial charge in [-0.15, -0.1) is 0 Å². The van der Waals surface area contributed by atoms with Crippen LogP contribution in [0, 0.1) is 5.92 Å². The number of benzene rings is 1. The van der Waals surface area contributed by atoms with Crippen LogP contribution in [0.1, 0.15) is 130 Å². The molecule has 0 radical (unpaired) electrons. The van der Waals surface area contributed by atoms with Crippen LogP contribution in [-0.2, 0) is 33.5 Å². The minimum Gasteiger partial charge on any atom is -0.444 e. The van der Waals surface area contributed by atoms with Crippen molar-refractivity contribution in [2.45, 2.75) is 153 Å². The van der Waals surface area contributed by atoms with E-state index >= 15 is 0 Å². The SMILES string of the molecule is CN(C)C(=O)[C@@H](NC(=O)CNC(=O)C(=O)[C@@H]1CCCCCCCCCC[C@H](NC(=O)OC(C)(C)C)C(=O)N2CCC(CCC(C)(C)O)[C@H]2C(=O)N1)c1ccccc1. The standard InChI is InChI=1S/C42H66N6O9/c1-41(2,3)57-40(55)45-31-22-18-13-11-9-8-10-12-17-21-30(44-36(51)34-29(23-25-42(4,5)56)24-26-48(34)38(31)53)35(50)37(52)43-27-32(49)46-33(39(54)47(6)7)28-19-15-14-16-20-28/h14-16,19-20,29-31,33-34,56H,8-13,17-18,21-27H2,1-7H3,(H,43,52)(H,44,51)(H,45,55)(H,46,49)/t29?,30-,31-,33-,34-/m0/s1. The maximum Gasteiger partial charge on any atom is 0.408 e. The van der Waals surface area contributed by atoms with E-state index in [-0.39, 0.29) is 24.8 Å².